The van der Waals surface area contributed by atoms with Crippen molar-refractivity contribution in [2.45, 2.75) is 6.92 Å². The molecular formula is C17H11Cl2FN2O. The van der Waals surface area contributed by atoms with E-state index in [1.807, 2.05) is 0 Å². The molecule has 6 heteroatoms. The van der Waals surface area contributed by atoms with Crippen LogP contribution < -0.4 is 5.32 Å². The SMILES string of the molecule is Cc1nc2ccc(F)cc2cc1C(=O)Nc1ccc(Cl)cc1Cl. The van der Waals surface area contributed by atoms with Crippen molar-refractivity contribution < 1.29 is 9.18 Å². The van der Waals surface area contributed by atoms with Crippen LogP contribution in [-0.4, -0.2) is 10.9 Å². The van der Waals surface area contributed by atoms with E-state index in [9.17, 15) is 9.18 Å². The molecule has 0 fully saturated rings. The number of fused-ring (bicyclic) bond motifs is 1. The number of nitrogens with zero attached hydrogens (tertiary/aromatic N) is 1. The molecule has 116 valence electrons. The molecule has 0 unspecified atom stereocenters. The molecule has 2 aromatic carbocycles. The van der Waals surface area contributed by atoms with E-state index in [4.69, 9.17) is 23.2 Å². The van der Waals surface area contributed by atoms with Crippen LogP contribution in [0.4, 0.5) is 10.1 Å². The number of carbonyl (C=O) groups excluding carboxylic acids is 1. The Morgan fingerprint density at radius 2 is 1.91 bits per heavy atom. The summed E-state index contributed by atoms with van der Waals surface area (Å²) in [7, 11) is 0. The van der Waals surface area contributed by atoms with Gasteiger partial charge in [0.05, 0.1) is 27.5 Å². The summed E-state index contributed by atoms with van der Waals surface area (Å²) in [6.07, 6.45) is 0. The Hall–Kier alpha value is -2.17. The molecule has 3 aromatic rings. The minimum absolute atomic E-state index is 0.336. The predicted octanol–water partition coefficient (Wildman–Crippen LogP) is 5.24. The van der Waals surface area contributed by atoms with Crippen LogP contribution >= 0.6 is 23.2 Å². The Kier molecular flexibility index (Phi) is 4.20. The molecule has 1 amide bonds. The summed E-state index contributed by atoms with van der Waals surface area (Å²) >= 11 is 11.9. The molecule has 0 bridgehead atoms. The first kappa shape index (κ1) is 15.7. The lowest BCUT2D eigenvalue weighted by Gasteiger charge is -2.10. The van der Waals surface area contributed by atoms with Gasteiger partial charge in [-0.15, -0.1) is 0 Å². The normalized spacial score (nSPS) is 10.8. The van der Waals surface area contributed by atoms with E-state index in [0.717, 1.165) is 0 Å². The largest absolute Gasteiger partial charge is 0.321 e. The van der Waals surface area contributed by atoms with E-state index in [0.29, 0.717) is 37.9 Å². The predicted molar refractivity (Wildman–Crippen MR) is 90.9 cm³/mol. The van der Waals surface area contributed by atoms with Crippen LogP contribution in [-0.2, 0) is 0 Å². The summed E-state index contributed by atoms with van der Waals surface area (Å²) in [6, 6.07) is 10.7. The molecule has 0 atom stereocenters. The van der Waals surface area contributed by atoms with Gasteiger partial charge in [-0.25, -0.2) is 4.39 Å². The van der Waals surface area contributed by atoms with Crippen molar-refractivity contribution in [2.75, 3.05) is 5.32 Å². The van der Waals surface area contributed by atoms with Gasteiger partial charge in [0.25, 0.3) is 5.91 Å². The fraction of sp³-hybridized carbons (Fsp3) is 0.0588. The van der Waals surface area contributed by atoms with Crippen LogP contribution in [0.25, 0.3) is 10.9 Å². The Balaban J connectivity index is 1.98. The van der Waals surface area contributed by atoms with E-state index < -0.39 is 0 Å². The molecule has 0 aliphatic rings. The molecule has 0 saturated heterocycles. The van der Waals surface area contributed by atoms with Gasteiger partial charge in [-0.3, -0.25) is 9.78 Å². The van der Waals surface area contributed by atoms with Crippen LogP contribution in [0, 0.1) is 12.7 Å². The zero-order valence-electron chi connectivity index (χ0n) is 12.0. The second-order valence-electron chi connectivity index (χ2n) is 5.04. The van der Waals surface area contributed by atoms with Gasteiger partial charge in [0.1, 0.15) is 5.82 Å². The van der Waals surface area contributed by atoms with E-state index in [1.54, 1.807) is 37.3 Å². The lowest BCUT2D eigenvalue weighted by molar-refractivity contribution is 0.102. The molecule has 23 heavy (non-hydrogen) atoms. The second-order valence-corrected chi connectivity index (χ2v) is 5.88. The fourth-order valence-corrected chi connectivity index (χ4v) is 2.71. The monoisotopic (exact) mass is 348 g/mol. The molecule has 0 saturated carbocycles. The third-order valence-corrected chi connectivity index (χ3v) is 3.94. The molecule has 0 aliphatic heterocycles. The molecule has 1 N–H and O–H groups in total. The number of nitrogens with one attached hydrogen (secondary N) is 1. The third kappa shape index (κ3) is 3.28. The lowest BCUT2D eigenvalue weighted by Crippen LogP contribution is -2.14. The number of benzene rings is 2. The summed E-state index contributed by atoms with van der Waals surface area (Å²) < 4.78 is 13.3. The molecule has 3 nitrogen and oxygen atoms in total. The summed E-state index contributed by atoms with van der Waals surface area (Å²) in [6.45, 7) is 1.72. The standard InChI is InChI=1S/C17H11Cl2FN2O/c1-9-13(7-10-6-12(20)3-5-15(10)21-9)17(23)22-16-4-2-11(18)8-14(16)19/h2-8H,1H3,(H,22,23). The highest BCUT2D eigenvalue weighted by Crippen LogP contribution is 2.26. The summed E-state index contributed by atoms with van der Waals surface area (Å²) in [4.78, 5) is 16.8. The van der Waals surface area contributed by atoms with Crippen molar-refractivity contribution in [3.8, 4) is 0 Å². The van der Waals surface area contributed by atoms with Gasteiger partial charge >= 0.3 is 0 Å². The van der Waals surface area contributed by atoms with Crippen molar-refractivity contribution in [3.05, 3.63) is 69.6 Å². The highest BCUT2D eigenvalue weighted by Gasteiger charge is 2.14. The van der Waals surface area contributed by atoms with E-state index in [2.05, 4.69) is 10.3 Å². The molecule has 0 radical (unpaired) electrons. The van der Waals surface area contributed by atoms with Crippen LogP contribution in [0.15, 0.2) is 42.5 Å². The van der Waals surface area contributed by atoms with Gasteiger partial charge in [-0.2, -0.15) is 0 Å². The number of aryl methyl sites for hydroxylation is 1. The van der Waals surface area contributed by atoms with Crippen molar-refractivity contribution in [1.29, 1.82) is 0 Å². The summed E-state index contributed by atoms with van der Waals surface area (Å²) in [5, 5.41) is 4.08. The quantitative estimate of drug-likeness (QED) is 0.687. The number of halogens is 3. The maximum Gasteiger partial charge on any atom is 0.257 e. The van der Waals surface area contributed by atoms with Crippen LogP contribution in [0.1, 0.15) is 16.1 Å². The van der Waals surface area contributed by atoms with Gasteiger partial charge in [0.15, 0.2) is 0 Å². The number of pyridine rings is 1. The average Bonchev–Trinajstić information content (AvgIpc) is 2.49. The topological polar surface area (TPSA) is 42.0 Å². The van der Waals surface area contributed by atoms with E-state index in [-0.39, 0.29) is 11.7 Å². The van der Waals surface area contributed by atoms with Gasteiger partial charge in [0, 0.05) is 10.4 Å². The van der Waals surface area contributed by atoms with Crippen LogP contribution in [0.5, 0.6) is 0 Å². The summed E-state index contributed by atoms with van der Waals surface area (Å²) in [5.74, 6) is -0.749. The number of hydrogen-bond donors (Lipinski definition) is 1. The maximum absolute atomic E-state index is 13.3. The molecule has 0 aliphatic carbocycles. The summed E-state index contributed by atoms with van der Waals surface area (Å²) in [5.41, 5.74) is 1.98. The van der Waals surface area contributed by atoms with Gasteiger partial charge < -0.3 is 5.32 Å². The zero-order valence-corrected chi connectivity index (χ0v) is 13.5. The highest BCUT2D eigenvalue weighted by molar-refractivity contribution is 6.36. The average molecular weight is 349 g/mol. The van der Waals surface area contributed by atoms with Gasteiger partial charge in [-0.1, -0.05) is 23.2 Å². The van der Waals surface area contributed by atoms with Crippen molar-refractivity contribution >= 4 is 45.7 Å². The first-order valence-corrected chi connectivity index (χ1v) is 7.53. The van der Waals surface area contributed by atoms with Gasteiger partial charge in [0.2, 0.25) is 0 Å². The third-order valence-electron chi connectivity index (χ3n) is 3.39. The van der Waals surface area contributed by atoms with Crippen molar-refractivity contribution in [1.82, 2.24) is 4.98 Å². The molecule has 0 spiro atoms. The van der Waals surface area contributed by atoms with E-state index in [1.165, 1.54) is 12.1 Å². The lowest BCUT2D eigenvalue weighted by atomic mass is 10.1. The Labute approximate surface area is 142 Å². The second kappa shape index (κ2) is 6.14. The highest BCUT2D eigenvalue weighted by atomic mass is 35.5. The maximum atomic E-state index is 13.3. The fourth-order valence-electron chi connectivity index (χ4n) is 2.25. The number of rotatable bonds is 2. The molecule has 1 aromatic heterocycles. The van der Waals surface area contributed by atoms with Crippen molar-refractivity contribution in [3.63, 3.8) is 0 Å². The smallest absolute Gasteiger partial charge is 0.257 e. The molecule has 3 rings (SSSR count). The molecular weight excluding hydrogens is 338 g/mol. The first-order chi connectivity index (χ1) is 10.9. The Morgan fingerprint density at radius 1 is 1.13 bits per heavy atom. The number of amides is 1. The first-order valence-electron chi connectivity index (χ1n) is 6.77. The molecule has 1 heterocycles. The number of carbonyl (C=O) groups is 1. The van der Waals surface area contributed by atoms with Gasteiger partial charge in [-0.05, 0) is 49.4 Å². The minimum Gasteiger partial charge on any atom is -0.321 e. The van der Waals surface area contributed by atoms with Crippen molar-refractivity contribution in [2.24, 2.45) is 0 Å². The van der Waals surface area contributed by atoms with Crippen LogP contribution in [0.2, 0.25) is 10.0 Å². The number of anilines is 1. The van der Waals surface area contributed by atoms with E-state index >= 15 is 0 Å². The Bertz CT molecular complexity index is 928. The minimum atomic E-state index is -0.379. The Morgan fingerprint density at radius 3 is 2.65 bits per heavy atom. The number of aromatic nitrogens is 1. The zero-order chi connectivity index (χ0) is 16.6. The number of hydrogen-bond acceptors (Lipinski definition) is 2. The van der Waals surface area contributed by atoms with Crippen LogP contribution in [0.3, 0.4) is 0 Å².